The lowest BCUT2D eigenvalue weighted by Gasteiger charge is -2.35. The highest BCUT2D eigenvalue weighted by Crippen LogP contribution is 2.46. The van der Waals surface area contributed by atoms with Gasteiger partial charge in [0.25, 0.3) is 0 Å². The summed E-state index contributed by atoms with van der Waals surface area (Å²) >= 11 is 0. The average molecular weight is 462 g/mol. The Kier molecular flexibility index (Phi) is 7.11. The van der Waals surface area contributed by atoms with Gasteiger partial charge in [-0.3, -0.25) is 4.90 Å². The van der Waals surface area contributed by atoms with Crippen molar-refractivity contribution in [3.05, 3.63) is 94.7 Å². The molecule has 2 unspecified atom stereocenters. The van der Waals surface area contributed by atoms with E-state index in [9.17, 15) is 14.4 Å². The molecule has 1 aliphatic heterocycles. The molecule has 1 amide bonds. The van der Waals surface area contributed by atoms with E-state index in [1.165, 1.54) is 4.90 Å². The molecule has 2 aromatic carbocycles. The zero-order valence-corrected chi connectivity index (χ0v) is 19.2. The zero-order valence-electron chi connectivity index (χ0n) is 19.2. The topological polar surface area (TPSA) is 82.1 Å². The number of esters is 2. The minimum atomic E-state index is -0.703. The van der Waals surface area contributed by atoms with E-state index < -0.39 is 29.9 Å². The Labute approximate surface area is 198 Å². The maximum atomic E-state index is 13.5. The van der Waals surface area contributed by atoms with Crippen LogP contribution in [0.3, 0.4) is 0 Å². The van der Waals surface area contributed by atoms with Crippen LogP contribution < -0.4 is 0 Å². The third kappa shape index (κ3) is 4.46. The number of amides is 1. The molecule has 1 fully saturated rings. The number of rotatable bonds is 7. The maximum absolute atomic E-state index is 13.5. The van der Waals surface area contributed by atoms with E-state index in [1.807, 2.05) is 66.7 Å². The van der Waals surface area contributed by atoms with Crippen LogP contribution in [0.1, 0.15) is 36.8 Å². The zero-order chi connectivity index (χ0) is 24.1. The Hall–Kier alpha value is -3.87. The predicted molar refractivity (Wildman–Crippen MR) is 125 cm³/mol. The van der Waals surface area contributed by atoms with Gasteiger partial charge in [0.05, 0.1) is 36.8 Å². The third-order valence-corrected chi connectivity index (χ3v) is 5.88. The van der Waals surface area contributed by atoms with Gasteiger partial charge in [0.1, 0.15) is 6.61 Å². The highest BCUT2D eigenvalue weighted by Gasteiger charge is 2.44. The second kappa shape index (κ2) is 10.4. The lowest BCUT2D eigenvalue weighted by molar-refractivity contribution is -0.142. The minimum Gasteiger partial charge on any atom is -0.463 e. The molecule has 1 saturated heterocycles. The van der Waals surface area contributed by atoms with Gasteiger partial charge >= 0.3 is 18.0 Å². The van der Waals surface area contributed by atoms with Crippen molar-refractivity contribution in [1.82, 2.24) is 4.90 Å². The van der Waals surface area contributed by atoms with Crippen LogP contribution in [-0.2, 0) is 23.8 Å². The minimum absolute atomic E-state index is 0.140. The van der Waals surface area contributed by atoms with Gasteiger partial charge in [0.2, 0.25) is 0 Å². The van der Waals surface area contributed by atoms with Crippen LogP contribution in [0.15, 0.2) is 83.6 Å². The summed E-state index contributed by atoms with van der Waals surface area (Å²) in [5, 5.41) is 0. The first kappa shape index (κ1) is 23.3. The fourth-order valence-corrected chi connectivity index (χ4v) is 4.48. The highest BCUT2D eigenvalue weighted by molar-refractivity contribution is 6.04. The number of ether oxygens (including phenoxy) is 3. The van der Waals surface area contributed by atoms with Gasteiger partial charge in [-0.15, -0.1) is 0 Å². The summed E-state index contributed by atoms with van der Waals surface area (Å²) in [6.45, 7) is 4.33. The van der Waals surface area contributed by atoms with Gasteiger partial charge in [-0.2, -0.15) is 0 Å². The van der Waals surface area contributed by atoms with Gasteiger partial charge in [-0.05, 0) is 25.0 Å². The fraction of sp³-hybridized carbons (Fsp3) is 0.296. The fourth-order valence-electron chi connectivity index (χ4n) is 4.48. The SMILES string of the molecule is CCOC(=O)C1=C(C(=O)OCC)C(c2ccccc2)C(N2CCOC2=O)=CC1c1ccccc1. The van der Waals surface area contributed by atoms with Gasteiger partial charge in [-0.25, -0.2) is 14.4 Å². The molecule has 0 bridgehead atoms. The van der Waals surface area contributed by atoms with E-state index in [4.69, 9.17) is 14.2 Å². The molecule has 0 saturated carbocycles. The number of carbonyl (C=O) groups excluding carboxylic acids is 3. The number of cyclic esters (lactones) is 1. The van der Waals surface area contributed by atoms with Gasteiger partial charge in [0.15, 0.2) is 0 Å². The van der Waals surface area contributed by atoms with E-state index in [0.717, 1.165) is 11.1 Å². The van der Waals surface area contributed by atoms with Crippen LogP contribution in [0.25, 0.3) is 0 Å². The van der Waals surface area contributed by atoms with Crippen molar-refractivity contribution >= 4 is 18.0 Å². The molecule has 0 N–H and O–H groups in total. The van der Waals surface area contributed by atoms with Crippen molar-refractivity contribution in [2.24, 2.45) is 0 Å². The molecule has 1 heterocycles. The number of benzene rings is 2. The molecule has 7 nitrogen and oxygen atoms in total. The van der Waals surface area contributed by atoms with E-state index in [1.54, 1.807) is 13.8 Å². The Morgan fingerprint density at radius 2 is 1.44 bits per heavy atom. The molecule has 2 atom stereocenters. The molecular formula is C27H27NO6. The Morgan fingerprint density at radius 1 is 0.882 bits per heavy atom. The number of allylic oxidation sites excluding steroid dienone is 2. The van der Waals surface area contributed by atoms with E-state index in [0.29, 0.717) is 12.2 Å². The molecule has 176 valence electrons. The lowest BCUT2D eigenvalue weighted by atomic mass is 9.73. The number of nitrogens with zero attached hydrogens (tertiary/aromatic N) is 1. The van der Waals surface area contributed by atoms with Crippen LogP contribution in [0, 0.1) is 0 Å². The van der Waals surface area contributed by atoms with Gasteiger partial charge < -0.3 is 14.2 Å². The van der Waals surface area contributed by atoms with Crippen LogP contribution in [-0.4, -0.2) is 49.3 Å². The Balaban J connectivity index is 2.01. The maximum Gasteiger partial charge on any atom is 0.414 e. The molecular weight excluding hydrogens is 434 g/mol. The van der Waals surface area contributed by atoms with Crippen LogP contribution in [0.4, 0.5) is 4.79 Å². The first-order valence-electron chi connectivity index (χ1n) is 11.4. The van der Waals surface area contributed by atoms with E-state index in [-0.39, 0.29) is 31.0 Å². The van der Waals surface area contributed by atoms with Gasteiger partial charge in [0, 0.05) is 11.6 Å². The summed E-state index contributed by atoms with van der Waals surface area (Å²) in [5.74, 6) is -2.51. The first-order chi connectivity index (χ1) is 16.6. The largest absolute Gasteiger partial charge is 0.463 e. The van der Waals surface area contributed by atoms with Crippen molar-refractivity contribution in [2.75, 3.05) is 26.4 Å². The molecule has 0 spiro atoms. The molecule has 2 aromatic rings. The highest BCUT2D eigenvalue weighted by atomic mass is 16.6. The van der Waals surface area contributed by atoms with Crippen molar-refractivity contribution < 1.29 is 28.6 Å². The van der Waals surface area contributed by atoms with Crippen molar-refractivity contribution in [2.45, 2.75) is 25.7 Å². The van der Waals surface area contributed by atoms with Crippen molar-refractivity contribution in [3.63, 3.8) is 0 Å². The van der Waals surface area contributed by atoms with Gasteiger partial charge in [-0.1, -0.05) is 66.7 Å². The molecule has 4 rings (SSSR count). The molecule has 0 aromatic heterocycles. The molecule has 0 radical (unpaired) electrons. The van der Waals surface area contributed by atoms with E-state index in [2.05, 4.69) is 0 Å². The number of carbonyl (C=O) groups is 3. The summed E-state index contributed by atoms with van der Waals surface area (Å²) in [7, 11) is 0. The van der Waals surface area contributed by atoms with E-state index >= 15 is 0 Å². The quantitative estimate of drug-likeness (QED) is 0.451. The van der Waals surface area contributed by atoms with Crippen molar-refractivity contribution in [3.8, 4) is 0 Å². The number of hydrogen-bond acceptors (Lipinski definition) is 6. The summed E-state index contributed by atoms with van der Waals surface area (Å²) < 4.78 is 16.1. The van der Waals surface area contributed by atoms with Crippen molar-refractivity contribution in [1.29, 1.82) is 0 Å². The first-order valence-corrected chi connectivity index (χ1v) is 11.4. The molecule has 7 heteroatoms. The Bertz CT molecular complexity index is 1120. The second-order valence-corrected chi connectivity index (χ2v) is 7.86. The molecule has 34 heavy (non-hydrogen) atoms. The summed E-state index contributed by atoms with van der Waals surface area (Å²) in [6.07, 6.45) is 1.39. The normalized spacial score (nSPS) is 20.0. The van der Waals surface area contributed by atoms with Crippen LogP contribution in [0.5, 0.6) is 0 Å². The monoisotopic (exact) mass is 461 g/mol. The van der Waals surface area contributed by atoms with Crippen LogP contribution in [0.2, 0.25) is 0 Å². The molecule has 2 aliphatic rings. The second-order valence-electron chi connectivity index (χ2n) is 7.86. The standard InChI is InChI=1S/C27H27NO6/c1-3-32-25(29)23-20(18-11-7-5-8-12-18)17-21(28-15-16-34-27(28)31)22(19-13-9-6-10-14-19)24(23)26(30)33-4-2/h5-14,17,20,22H,3-4,15-16H2,1-2H3. The third-order valence-electron chi connectivity index (χ3n) is 5.88. The number of hydrogen-bond donors (Lipinski definition) is 0. The summed E-state index contributed by atoms with van der Waals surface area (Å²) in [6, 6.07) is 18.7. The predicted octanol–water partition coefficient (Wildman–Crippen LogP) is 4.33. The average Bonchev–Trinajstić information content (AvgIpc) is 3.29. The smallest absolute Gasteiger partial charge is 0.414 e. The summed E-state index contributed by atoms with van der Waals surface area (Å²) in [4.78, 5) is 41.0. The van der Waals surface area contributed by atoms with Crippen LogP contribution >= 0.6 is 0 Å². The lowest BCUT2D eigenvalue weighted by Crippen LogP contribution is -2.35. The summed E-state index contributed by atoms with van der Waals surface area (Å²) in [5.41, 5.74) is 2.53. The molecule has 1 aliphatic carbocycles. The Morgan fingerprint density at radius 3 is 1.97 bits per heavy atom.